The minimum absolute atomic E-state index is 0.200. The SMILES string of the molecule is O=C(O)C1CCCCN1C(c1cc2ccccc2s1)c1ccc(Cl)cc1Cl. The van der Waals surface area contributed by atoms with E-state index < -0.39 is 12.0 Å². The average Bonchev–Trinajstić information content (AvgIpc) is 3.07. The molecule has 1 fully saturated rings. The van der Waals surface area contributed by atoms with Gasteiger partial charge in [-0.25, -0.2) is 0 Å². The van der Waals surface area contributed by atoms with E-state index in [-0.39, 0.29) is 6.04 Å². The van der Waals surface area contributed by atoms with E-state index in [2.05, 4.69) is 23.1 Å². The lowest BCUT2D eigenvalue weighted by atomic mass is 9.95. The van der Waals surface area contributed by atoms with Crippen LogP contribution in [0.3, 0.4) is 0 Å². The van der Waals surface area contributed by atoms with Crippen molar-refractivity contribution in [1.82, 2.24) is 4.90 Å². The molecule has 2 heterocycles. The molecule has 0 saturated carbocycles. The van der Waals surface area contributed by atoms with Crippen LogP contribution in [0.1, 0.15) is 35.7 Å². The first-order valence-electron chi connectivity index (χ1n) is 8.96. The molecule has 0 spiro atoms. The van der Waals surface area contributed by atoms with Gasteiger partial charge in [0.1, 0.15) is 6.04 Å². The molecule has 1 aromatic heterocycles. The Balaban J connectivity index is 1.87. The third-order valence-electron chi connectivity index (χ3n) is 5.13. The summed E-state index contributed by atoms with van der Waals surface area (Å²) in [5.41, 5.74) is 0.903. The molecule has 4 rings (SSSR count). The zero-order valence-electron chi connectivity index (χ0n) is 14.6. The third kappa shape index (κ3) is 3.72. The van der Waals surface area contributed by atoms with Crippen LogP contribution in [-0.4, -0.2) is 28.6 Å². The Hall–Kier alpha value is -1.59. The number of nitrogens with zero attached hydrogens (tertiary/aromatic N) is 1. The molecule has 2 atom stereocenters. The molecule has 6 heteroatoms. The topological polar surface area (TPSA) is 40.5 Å². The van der Waals surface area contributed by atoms with Gasteiger partial charge in [-0.1, -0.05) is 53.9 Å². The molecule has 0 bridgehead atoms. The highest BCUT2D eigenvalue weighted by Crippen LogP contribution is 2.42. The highest BCUT2D eigenvalue weighted by molar-refractivity contribution is 7.19. The molecule has 0 amide bonds. The predicted molar refractivity (Wildman–Crippen MR) is 112 cm³/mol. The molecule has 1 aliphatic heterocycles. The molecule has 3 aromatic rings. The van der Waals surface area contributed by atoms with Crippen molar-refractivity contribution in [1.29, 1.82) is 0 Å². The van der Waals surface area contributed by atoms with Crippen molar-refractivity contribution in [3.63, 3.8) is 0 Å². The molecule has 3 nitrogen and oxygen atoms in total. The van der Waals surface area contributed by atoms with Crippen molar-refractivity contribution in [3.8, 4) is 0 Å². The number of likely N-dealkylation sites (tertiary alicyclic amines) is 1. The molecule has 0 aliphatic carbocycles. The van der Waals surface area contributed by atoms with Gasteiger partial charge in [0.05, 0.1) is 6.04 Å². The number of carboxylic acids is 1. The molecule has 1 saturated heterocycles. The van der Waals surface area contributed by atoms with Gasteiger partial charge in [0, 0.05) is 19.6 Å². The Morgan fingerprint density at radius 1 is 1.15 bits per heavy atom. The second kappa shape index (κ2) is 7.80. The van der Waals surface area contributed by atoms with E-state index in [4.69, 9.17) is 23.2 Å². The van der Waals surface area contributed by atoms with Gasteiger partial charge in [0.2, 0.25) is 0 Å². The Morgan fingerprint density at radius 3 is 2.70 bits per heavy atom. The summed E-state index contributed by atoms with van der Waals surface area (Å²) in [6.45, 7) is 0.731. The lowest BCUT2D eigenvalue weighted by molar-refractivity contribution is -0.145. The Kier molecular flexibility index (Phi) is 5.42. The molecule has 2 unspecified atom stereocenters. The fourth-order valence-corrected chi connectivity index (χ4v) is 5.60. The number of fused-ring (bicyclic) bond motifs is 1. The maximum absolute atomic E-state index is 12.0. The number of rotatable bonds is 4. The van der Waals surface area contributed by atoms with Crippen molar-refractivity contribution in [2.75, 3.05) is 6.54 Å². The van der Waals surface area contributed by atoms with Crippen LogP contribution >= 0.6 is 34.5 Å². The number of aliphatic carboxylic acids is 1. The smallest absolute Gasteiger partial charge is 0.320 e. The third-order valence-corrected chi connectivity index (χ3v) is 6.86. The normalized spacial score (nSPS) is 19.3. The molecule has 1 N–H and O–H groups in total. The second-order valence-corrected chi connectivity index (χ2v) is 8.80. The van der Waals surface area contributed by atoms with E-state index in [1.165, 1.54) is 4.70 Å². The predicted octanol–water partition coefficient (Wildman–Crippen LogP) is 6.24. The first-order valence-corrected chi connectivity index (χ1v) is 10.5. The van der Waals surface area contributed by atoms with Crippen molar-refractivity contribution < 1.29 is 9.90 Å². The second-order valence-electron chi connectivity index (χ2n) is 6.84. The number of halogens is 2. The van der Waals surface area contributed by atoms with Gasteiger partial charge in [-0.2, -0.15) is 0 Å². The first kappa shape index (κ1) is 18.8. The summed E-state index contributed by atoms with van der Waals surface area (Å²) in [7, 11) is 0. The van der Waals surface area contributed by atoms with Gasteiger partial charge in [0.25, 0.3) is 0 Å². The standard InChI is InChI=1S/C21H19Cl2NO2S/c22-14-8-9-15(16(23)12-14)20(24-10-4-3-6-17(24)21(25)26)19-11-13-5-1-2-7-18(13)27-19/h1-2,5,7-9,11-12,17,20H,3-4,6,10H2,(H,25,26). The number of hydrogen-bond acceptors (Lipinski definition) is 3. The summed E-state index contributed by atoms with van der Waals surface area (Å²) in [5, 5.41) is 12.1. The van der Waals surface area contributed by atoms with Crippen molar-refractivity contribution >= 4 is 50.6 Å². The van der Waals surface area contributed by atoms with E-state index in [9.17, 15) is 9.90 Å². The summed E-state index contributed by atoms with van der Waals surface area (Å²) < 4.78 is 1.19. The van der Waals surface area contributed by atoms with Crippen LogP contribution in [0.2, 0.25) is 10.0 Å². The van der Waals surface area contributed by atoms with Gasteiger partial charge < -0.3 is 5.11 Å². The minimum Gasteiger partial charge on any atom is -0.480 e. The molecule has 1 aliphatic rings. The maximum Gasteiger partial charge on any atom is 0.320 e. The van der Waals surface area contributed by atoms with Crippen LogP contribution in [0.25, 0.3) is 10.1 Å². The largest absolute Gasteiger partial charge is 0.480 e. The van der Waals surface area contributed by atoms with Gasteiger partial charge in [-0.05, 0) is 54.6 Å². The van der Waals surface area contributed by atoms with Crippen LogP contribution < -0.4 is 0 Å². The summed E-state index contributed by atoms with van der Waals surface area (Å²) in [5.74, 6) is -0.772. The number of hydrogen-bond donors (Lipinski definition) is 1. The van der Waals surface area contributed by atoms with Crippen LogP contribution in [-0.2, 0) is 4.79 Å². The van der Waals surface area contributed by atoms with Crippen LogP contribution in [0.4, 0.5) is 0 Å². The summed E-state index contributed by atoms with van der Waals surface area (Å²) in [6.07, 6.45) is 2.57. The number of carboxylic acid groups (broad SMARTS) is 1. The van der Waals surface area contributed by atoms with Crippen molar-refractivity contribution in [2.45, 2.75) is 31.3 Å². The monoisotopic (exact) mass is 419 g/mol. The maximum atomic E-state index is 12.0. The van der Waals surface area contributed by atoms with Crippen molar-refractivity contribution in [3.05, 3.63) is 69.0 Å². The van der Waals surface area contributed by atoms with Crippen LogP contribution in [0.15, 0.2) is 48.5 Å². The highest BCUT2D eigenvalue weighted by Gasteiger charge is 2.36. The first-order chi connectivity index (χ1) is 13.0. The number of carbonyl (C=O) groups is 1. The Bertz CT molecular complexity index is 954. The average molecular weight is 420 g/mol. The number of piperidine rings is 1. The lowest BCUT2D eigenvalue weighted by Gasteiger charge is -2.39. The van der Waals surface area contributed by atoms with E-state index in [1.807, 2.05) is 24.3 Å². The zero-order valence-corrected chi connectivity index (χ0v) is 16.9. The van der Waals surface area contributed by atoms with Crippen LogP contribution in [0, 0.1) is 0 Å². The fourth-order valence-electron chi connectivity index (χ4n) is 3.88. The van der Waals surface area contributed by atoms with E-state index in [0.717, 1.165) is 35.2 Å². The van der Waals surface area contributed by atoms with E-state index in [1.54, 1.807) is 17.4 Å². The molecule has 2 aromatic carbocycles. The van der Waals surface area contributed by atoms with Gasteiger partial charge in [0.15, 0.2) is 0 Å². The molecule has 140 valence electrons. The van der Waals surface area contributed by atoms with Gasteiger partial charge in [-0.15, -0.1) is 11.3 Å². The lowest BCUT2D eigenvalue weighted by Crippen LogP contribution is -2.46. The number of thiophene rings is 1. The quantitative estimate of drug-likeness (QED) is 0.544. The molecular weight excluding hydrogens is 401 g/mol. The highest BCUT2D eigenvalue weighted by atomic mass is 35.5. The van der Waals surface area contributed by atoms with E-state index >= 15 is 0 Å². The fraction of sp³-hybridized carbons (Fsp3) is 0.286. The van der Waals surface area contributed by atoms with Gasteiger partial charge >= 0.3 is 5.97 Å². The number of benzene rings is 2. The Morgan fingerprint density at radius 2 is 1.96 bits per heavy atom. The zero-order chi connectivity index (χ0) is 19.0. The summed E-state index contributed by atoms with van der Waals surface area (Å²) in [6, 6.07) is 15.1. The van der Waals surface area contributed by atoms with E-state index in [0.29, 0.717) is 16.5 Å². The summed E-state index contributed by atoms with van der Waals surface area (Å²) in [4.78, 5) is 15.1. The van der Waals surface area contributed by atoms with Crippen molar-refractivity contribution in [2.24, 2.45) is 0 Å². The van der Waals surface area contributed by atoms with Gasteiger partial charge in [-0.3, -0.25) is 9.69 Å². The minimum atomic E-state index is -0.772. The Labute approximate surface area is 172 Å². The molecular formula is C21H19Cl2NO2S. The summed E-state index contributed by atoms with van der Waals surface area (Å²) >= 11 is 14.4. The molecule has 0 radical (unpaired) electrons. The molecule has 27 heavy (non-hydrogen) atoms. The van der Waals surface area contributed by atoms with Crippen LogP contribution in [0.5, 0.6) is 0 Å².